The molecule has 4 heteroatoms. The van der Waals surface area contributed by atoms with Crippen LogP contribution in [-0.2, 0) is 19.1 Å². The van der Waals surface area contributed by atoms with Gasteiger partial charge in [-0.2, -0.15) is 0 Å². The van der Waals surface area contributed by atoms with Gasteiger partial charge in [-0.15, -0.1) is 0 Å². The zero-order valence-corrected chi connectivity index (χ0v) is 15.9. The lowest BCUT2D eigenvalue weighted by Gasteiger charge is -2.03. The lowest BCUT2D eigenvalue weighted by atomic mass is 10.0. The van der Waals surface area contributed by atoms with Gasteiger partial charge in [-0.05, 0) is 64.9 Å². The van der Waals surface area contributed by atoms with Gasteiger partial charge in [-0.25, -0.2) is 9.59 Å². The normalized spacial score (nSPS) is 15.9. The Labute approximate surface area is 151 Å². The van der Waals surface area contributed by atoms with Crippen molar-refractivity contribution in [3.8, 4) is 0 Å². The van der Waals surface area contributed by atoms with Crippen molar-refractivity contribution in [2.24, 2.45) is 0 Å². The Morgan fingerprint density at radius 2 is 1.68 bits per heavy atom. The molecule has 138 valence electrons. The van der Waals surface area contributed by atoms with Crippen LogP contribution in [0.1, 0.15) is 59.3 Å². The van der Waals surface area contributed by atoms with Crippen molar-refractivity contribution in [1.29, 1.82) is 0 Å². The molecule has 1 heterocycles. The van der Waals surface area contributed by atoms with Crippen LogP contribution >= 0.6 is 0 Å². The molecule has 0 saturated heterocycles. The van der Waals surface area contributed by atoms with Crippen LogP contribution in [0, 0.1) is 0 Å². The fourth-order valence-electron chi connectivity index (χ4n) is 2.57. The van der Waals surface area contributed by atoms with Crippen LogP contribution in [0.15, 0.2) is 46.6 Å². The van der Waals surface area contributed by atoms with Crippen molar-refractivity contribution in [2.45, 2.75) is 59.3 Å². The maximum absolute atomic E-state index is 11.3. The molecule has 0 saturated carbocycles. The highest BCUT2D eigenvalue weighted by Crippen LogP contribution is 2.16. The summed E-state index contributed by atoms with van der Waals surface area (Å²) in [6.45, 7) is 6.51. The first-order chi connectivity index (χ1) is 11.9. The zero-order chi connectivity index (χ0) is 18.7. The van der Waals surface area contributed by atoms with Crippen molar-refractivity contribution < 1.29 is 19.1 Å². The smallest absolute Gasteiger partial charge is 0.333 e. The van der Waals surface area contributed by atoms with Gasteiger partial charge in [0, 0.05) is 11.6 Å². The molecule has 4 nitrogen and oxygen atoms in total. The van der Waals surface area contributed by atoms with Crippen molar-refractivity contribution in [3.05, 3.63) is 46.6 Å². The molecule has 0 amide bonds. The molecule has 0 aromatic heterocycles. The van der Waals surface area contributed by atoms with Crippen molar-refractivity contribution in [3.63, 3.8) is 0 Å². The summed E-state index contributed by atoms with van der Waals surface area (Å²) < 4.78 is 9.57. The van der Waals surface area contributed by atoms with Gasteiger partial charge in [0.25, 0.3) is 0 Å². The van der Waals surface area contributed by atoms with E-state index in [0.29, 0.717) is 12.2 Å². The highest BCUT2D eigenvalue weighted by molar-refractivity contribution is 5.87. The number of ether oxygens (including phenoxy) is 2. The molecule has 1 aliphatic heterocycles. The van der Waals surface area contributed by atoms with E-state index in [0.717, 1.165) is 44.1 Å². The molecule has 1 rings (SSSR count). The molecule has 0 aliphatic carbocycles. The molecular formula is C21H30O4. The summed E-state index contributed by atoms with van der Waals surface area (Å²) in [5.41, 5.74) is 4.46. The summed E-state index contributed by atoms with van der Waals surface area (Å²) >= 11 is 0. The molecule has 0 N–H and O–H groups in total. The average Bonchev–Trinajstić information content (AvgIpc) is 2.99. The van der Waals surface area contributed by atoms with Crippen LogP contribution in [0.25, 0.3) is 0 Å². The summed E-state index contributed by atoms with van der Waals surface area (Å²) in [6, 6.07) is 0. The van der Waals surface area contributed by atoms with Crippen molar-refractivity contribution in [1.82, 2.24) is 0 Å². The van der Waals surface area contributed by atoms with Crippen molar-refractivity contribution >= 4 is 11.9 Å². The molecule has 0 aromatic rings. The first kappa shape index (κ1) is 20.9. The fraction of sp³-hybridized carbons (Fsp3) is 0.524. The van der Waals surface area contributed by atoms with Gasteiger partial charge in [0.2, 0.25) is 0 Å². The maximum Gasteiger partial charge on any atom is 0.333 e. The standard InChI is InChI=1S/C21H30O4/c1-16(10-6-12-18(3)21(23)24-4)8-5-9-17(2)11-7-13-19-14-20(22)25-15-19/h8,11-12,14H,5-7,9-10,13,15H2,1-4H3. The van der Waals surface area contributed by atoms with Crippen LogP contribution in [0.5, 0.6) is 0 Å². The first-order valence-electron chi connectivity index (χ1n) is 8.85. The van der Waals surface area contributed by atoms with E-state index in [1.807, 2.05) is 6.08 Å². The van der Waals surface area contributed by atoms with E-state index >= 15 is 0 Å². The molecule has 0 atom stereocenters. The third-order valence-electron chi connectivity index (χ3n) is 4.21. The molecule has 0 radical (unpaired) electrons. The number of rotatable bonds is 10. The lowest BCUT2D eigenvalue weighted by molar-refractivity contribution is -0.136. The Morgan fingerprint density at radius 3 is 2.24 bits per heavy atom. The minimum Gasteiger partial charge on any atom is -0.466 e. The van der Waals surface area contributed by atoms with Gasteiger partial charge >= 0.3 is 11.9 Å². The third-order valence-corrected chi connectivity index (χ3v) is 4.21. The monoisotopic (exact) mass is 346 g/mol. The molecule has 1 aliphatic rings. The largest absolute Gasteiger partial charge is 0.466 e. The molecule has 25 heavy (non-hydrogen) atoms. The van der Waals surface area contributed by atoms with E-state index in [9.17, 15) is 9.59 Å². The minimum absolute atomic E-state index is 0.215. The molecule has 0 fully saturated rings. The second-order valence-corrected chi connectivity index (χ2v) is 6.51. The molecule has 0 spiro atoms. The Morgan fingerprint density at radius 1 is 1.08 bits per heavy atom. The number of esters is 2. The maximum atomic E-state index is 11.3. The van der Waals surface area contributed by atoms with Gasteiger partial charge in [0.05, 0.1) is 7.11 Å². The summed E-state index contributed by atoms with van der Waals surface area (Å²) in [5, 5.41) is 0. The van der Waals surface area contributed by atoms with Crippen LogP contribution < -0.4 is 0 Å². The first-order valence-corrected chi connectivity index (χ1v) is 8.85. The van der Waals surface area contributed by atoms with Gasteiger partial charge < -0.3 is 9.47 Å². The minimum atomic E-state index is -0.258. The Balaban J connectivity index is 2.23. The van der Waals surface area contributed by atoms with Crippen LogP contribution in [0.2, 0.25) is 0 Å². The lowest BCUT2D eigenvalue weighted by Crippen LogP contribution is -2.01. The number of carbonyl (C=O) groups is 2. The Bertz CT molecular complexity index is 591. The summed E-state index contributed by atoms with van der Waals surface area (Å²) in [5.74, 6) is -0.473. The van der Waals surface area contributed by atoms with Gasteiger partial charge in [-0.1, -0.05) is 29.4 Å². The molecule has 0 unspecified atom stereocenters. The predicted molar refractivity (Wildman–Crippen MR) is 100 cm³/mol. The highest BCUT2D eigenvalue weighted by atomic mass is 16.5. The third kappa shape index (κ3) is 9.08. The quantitative estimate of drug-likeness (QED) is 0.323. The van der Waals surface area contributed by atoms with Crippen LogP contribution in [-0.4, -0.2) is 25.7 Å². The number of hydrogen-bond acceptors (Lipinski definition) is 4. The van der Waals surface area contributed by atoms with Crippen LogP contribution in [0.4, 0.5) is 0 Å². The Kier molecular flexibility index (Phi) is 9.60. The van der Waals surface area contributed by atoms with E-state index in [1.54, 1.807) is 13.0 Å². The zero-order valence-electron chi connectivity index (χ0n) is 15.9. The van der Waals surface area contributed by atoms with E-state index < -0.39 is 0 Å². The number of methoxy groups -OCH3 is 1. The van der Waals surface area contributed by atoms with Gasteiger partial charge in [-0.3, -0.25) is 0 Å². The second kappa shape index (κ2) is 11.5. The van der Waals surface area contributed by atoms with E-state index in [2.05, 4.69) is 30.7 Å². The summed E-state index contributed by atoms with van der Waals surface area (Å²) in [4.78, 5) is 22.3. The van der Waals surface area contributed by atoms with Gasteiger partial charge in [0.15, 0.2) is 0 Å². The predicted octanol–water partition coefficient (Wildman–Crippen LogP) is 4.82. The second-order valence-electron chi connectivity index (χ2n) is 6.51. The average molecular weight is 346 g/mol. The van der Waals surface area contributed by atoms with Gasteiger partial charge in [0.1, 0.15) is 6.61 Å². The highest BCUT2D eigenvalue weighted by Gasteiger charge is 2.11. The van der Waals surface area contributed by atoms with Crippen LogP contribution in [0.3, 0.4) is 0 Å². The van der Waals surface area contributed by atoms with Crippen molar-refractivity contribution in [2.75, 3.05) is 13.7 Å². The molecular weight excluding hydrogens is 316 g/mol. The number of hydrogen-bond donors (Lipinski definition) is 0. The molecule has 0 aromatic carbocycles. The number of carbonyl (C=O) groups excluding carboxylic acids is 2. The van der Waals surface area contributed by atoms with E-state index in [4.69, 9.17) is 4.74 Å². The topological polar surface area (TPSA) is 52.6 Å². The Hall–Kier alpha value is -2.10. The van der Waals surface area contributed by atoms with E-state index in [1.165, 1.54) is 18.3 Å². The summed E-state index contributed by atoms with van der Waals surface area (Å²) in [6.07, 6.45) is 13.8. The van der Waals surface area contributed by atoms with E-state index in [-0.39, 0.29) is 11.9 Å². The number of cyclic esters (lactones) is 1. The fourth-order valence-corrected chi connectivity index (χ4v) is 2.57. The molecule has 0 bridgehead atoms. The SMILES string of the molecule is COC(=O)C(C)=CCCC(C)=CCCC(C)=CCCC1=CC(=O)OC1. The number of allylic oxidation sites excluding steroid dienone is 5. The summed E-state index contributed by atoms with van der Waals surface area (Å²) in [7, 11) is 1.40.